The number of nitrogens with one attached hydrogen (secondary N) is 1. The average molecular weight is 383 g/mol. The van der Waals surface area contributed by atoms with Crippen LogP contribution in [-0.2, 0) is 20.4 Å². The molecule has 7 nitrogen and oxygen atoms in total. The molecule has 0 aromatic heterocycles. The Labute approximate surface area is 149 Å². The fraction of sp³-hybridized carbons (Fsp3) is 0.188. The summed E-state index contributed by atoms with van der Waals surface area (Å²) in [6.07, 6.45) is 0. The molecular formula is C16H15ClN2O5S. The molecule has 1 amide bonds. The minimum absolute atomic E-state index is 0.190. The van der Waals surface area contributed by atoms with Gasteiger partial charge in [0.25, 0.3) is 5.69 Å². The number of anilines is 1. The van der Waals surface area contributed by atoms with Crippen LogP contribution in [0.25, 0.3) is 0 Å². The van der Waals surface area contributed by atoms with Crippen LogP contribution in [0, 0.1) is 17.0 Å². The molecule has 9 heteroatoms. The number of carbonyl (C=O) groups excluding carboxylic acids is 1. The van der Waals surface area contributed by atoms with Crippen LogP contribution < -0.4 is 5.32 Å². The van der Waals surface area contributed by atoms with Crippen molar-refractivity contribution in [1.29, 1.82) is 0 Å². The average Bonchev–Trinajstić information content (AvgIpc) is 2.50. The highest BCUT2D eigenvalue weighted by Crippen LogP contribution is 2.22. The molecule has 0 bridgehead atoms. The molecule has 0 aliphatic carbocycles. The Morgan fingerprint density at radius 1 is 1.20 bits per heavy atom. The van der Waals surface area contributed by atoms with Crippen LogP contribution in [0.15, 0.2) is 42.5 Å². The van der Waals surface area contributed by atoms with Gasteiger partial charge in [0, 0.05) is 17.2 Å². The van der Waals surface area contributed by atoms with E-state index in [2.05, 4.69) is 5.32 Å². The van der Waals surface area contributed by atoms with Gasteiger partial charge in [-0.05, 0) is 30.2 Å². The Kier molecular flexibility index (Phi) is 5.76. The molecular weight excluding hydrogens is 368 g/mol. The van der Waals surface area contributed by atoms with Crippen LogP contribution in [-0.4, -0.2) is 25.0 Å². The van der Waals surface area contributed by atoms with Crippen molar-refractivity contribution in [2.75, 3.05) is 11.1 Å². The summed E-state index contributed by atoms with van der Waals surface area (Å²) in [4.78, 5) is 22.2. The molecule has 1 N–H and O–H groups in total. The van der Waals surface area contributed by atoms with Gasteiger partial charge in [-0.1, -0.05) is 29.8 Å². The van der Waals surface area contributed by atoms with E-state index >= 15 is 0 Å². The second-order valence-electron chi connectivity index (χ2n) is 5.46. The van der Waals surface area contributed by atoms with Gasteiger partial charge >= 0.3 is 0 Å². The molecule has 2 rings (SSSR count). The maximum Gasteiger partial charge on any atom is 0.271 e. The number of amides is 1. The minimum Gasteiger partial charge on any atom is -0.325 e. The minimum atomic E-state index is -3.70. The first-order chi connectivity index (χ1) is 11.7. The first-order valence-electron chi connectivity index (χ1n) is 7.16. The summed E-state index contributed by atoms with van der Waals surface area (Å²) in [6.45, 7) is 1.65. The van der Waals surface area contributed by atoms with E-state index in [4.69, 9.17) is 11.6 Å². The van der Waals surface area contributed by atoms with Crippen LogP contribution in [0.2, 0.25) is 5.02 Å². The van der Waals surface area contributed by atoms with Crippen molar-refractivity contribution in [2.45, 2.75) is 12.7 Å². The van der Waals surface area contributed by atoms with Gasteiger partial charge in [0.1, 0.15) is 5.75 Å². The summed E-state index contributed by atoms with van der Waals surface area (Å²) < 4.78 is 24.3. The third-order valence-corrected chi connectivity index (χ3v) is 5.08. The molecule has 0 saturated heterocycles. The van der Waals surface area contributed by atoms with E-state index in [0.29, 0.717) is 16.1 Å². The Morgan fingerprint density at radius 3 is 2.44 bits per heavy atom. The summed E-state index contributed by atoms with van der Waals surface area (Å²) in [7, 11) is -3.70. The Morgan fingerprint density at radius 2 is 1.84 bits per heavy atom. The smallest absolute Gasteiger partial charge is 0.271 e. The zero-order chi connectivity index (χ0) is 18.6. The van der Waals surface area contributed by atoms with E-state index in [0.717, 1.165) is 0 Å². The molecule has 2 aromatic carbocycles. The largest absolute Gasteiger partial charge is 0.325 e. The topological polar surface area (TPSA) is 106 Å². The summed E-state index contributed by atoms with van der Waals surface area (Å²) in [5, 5.41) is 13.7. The van der Waals surface area contributed by atoms with Crippen molar-refractivity contribution in [3.63, 3.8) is 0 Å². The lowest BCUT2D eigenvalue weighted by molar-refractivity contribution is -0.384. The molecule has 0 aliphatic heterocycles. The highest BCUT2D eigenvalue weighted by Gasteiger charge is 2.19. The van der Waals surface area contributed by atoms with Crippen molar-refractivity contribution in [2.24, 2.45) is 0 Å². The highest BCUT2D eigenvalue weighted by atomic mass is 35.5. The van der Waals surface area contributed by atoms with Crippen LogP contribution in [0.3, 0.4) is 0 Å². The Bertz CT molecular complexity index is 911. The molecule has 25 heavy (non-hydrogen) atoms. The summed E-state index contributed by atoms with van der Waals surface area (Å²) in [5.74, 6) is -1.78. The number of hydrogen-bond donors (Lipinski definition) is 1. The number of nitro groups is 1. The number of aryl methyl sites for hydroxylation is 1. The Hall–Kier alpha value is -2.45. The van der Waals surface area contributed by atoms with Crippen molar-refractivity contribution in [1.82, 2.24) is 0 Å². The molecule has 0 aliphatic rings. The summed E-state index contributed by atoms with van der Waals surface area (Å²) in [6, 6.07) is 10.3. The standard InChI is InChI=1S/C16H15ClN2O5S/c1-11-2-7-14(19(21)22)8-15(11)18-16(20)10-25(23,24)9-12-3-5-13(17)6-4-12/h2-8H,9-10H2,1H3,(H,18,20). The summed E-state index contributed by atoms with van der Waals surface area (Å²) >= 11 is 5.75. The molecule has 2 aromatic rings. The van der Waals surface area contributed by atoms with Gasteiger partial charge in [0.05, 0.1) is 16.4 Å². The lowest BCUT2D eigenvalue weighted by atomic mass is 10.2. The van der Waals surface area contributed by atoms with Gasteiger partial charge in [-0.2, -0.15) is 0 Å². The molecule has 0 fully saturated rings. The fourth-order valence-corrected chi connectivity index (χ4v) is 3.53. The molecule has 0 unspecified atom stereocenters. The van der Waals surface area contributed by atoms with E-state index in [-0.39, 0.29) is 17.1 Å². The number of hydrogen-bond acceptors (Lipinski definition) is 5. The number of benzene rings is 2. The van der Waals surface area contributed by atoms with Gasteiger partial charge in [-0.15, -0.1) is 0 Å². The van der Waals surface area contributed by atoms with Gasteiger partial charge in [-0.3, -0.25) is 14.9 Å². The molecule has 0 radical (unpaired) electrons. The van der Waals surface area contributed by atoms with E-state index in [1.165, 1.54) is 18.2 Å². The number of halogens is 1. The predicted molar refractivity (Wildman–Crippen MR) is 95.4 cm³/mol. The lowest BCUT2D eigenvalue weighted by Gasteiger charge is -2.09. The van der Waals surface area contributed by atoms with E-state index in [1.54, 1.807) is 31.2 Å². The molecule has 132 valence electrons. The normalized spacial score (nSPS) is 11.1. The van der Waals surface area contributed by atoms with Crippen molar-refractivity contribution in [3.8, 4) is 0 Å². The van der Waals surface area contributed by atoms with Crippen LogP contribution in [0.1, 0.15) is 11.1 Å². The lowest BCUT2D eigenvalue weighted by Crippen LogP contribution is -2.24. The van der Waals surface area contributed by atoms with Crippen LogP contribution >= 0.6 is 11.6 Å². The van der Waals surface area contributed by atoms with Crippen molar-refractivity contribution >= 4 is 38.7 Å². The quantitative estimate of drug-likeness (QED) is 0.610. The maximum absolute atomic E-state index is 12.1. The number of nitro benzene ring substituents is 1. The van der Waals surface area contributed by atoms with Gasteiger partial charge in [0.15, 0.2) is 9.84 Å². The van der Waals surface area contributed by atoms with E-state index in [1.807, 2.05) is 0 Å². The third-order valence-electron chi connectivity index (χ3n) is 3.36. The second-order valence-corrected chi connectivity index (χ2v) is 7.96. The number of rotatable bonds is 6. The van der Waals surface area contributed by atoms with Gasteiger partial charge < -0.3 is 5.32 Å². The third kappa shape index (κ3) is 5.54. The first-order valence-corrected chi connectivity index (χ1v) is 9.36. The van der Waals surface area contributed by atoms with Gasteiger partial charge in [0.2, 0.25) is 5.91 Å². The molecule has 0 saturated carbocycles. The van der Waals surface area contributed by atoms with Crippen LogP contribution in [0.4, 0.5) is 11.4 Å². The molecule has 0 spiro atoms. The zero-order valence-electron chi connectivity index (χ0n) is 13.2. The first kappa shape index (κ1) is 18.9. The number of carbonyl (C=O) groups is 1. The molecule has 0 atom stereocenters. The SMILES string of the molecule is Cc1ccc([N+](=O)[O-])cc1NC(=O)CS(=O)(=O)Cc1ccc(Cl)cc1. The number of sulfone groups is 1. The Balaban J connectivity index is 2.07. The maximum atomic E-state index is 12.1. The highest BCUT2D eigenvalue weighted by molar-refractivity contribution is 7.91. The van der Waals surface area contributed by atoms with Crippen LogP contribution in [0.5, 0.6) is 0 Å². The van der Waals surface area contributed by atoms with E-state index in [9.17, 15) is 23.3 Å². The van der Waals surface area contributed by atoms with Gasteiger partial charge in [-0.25, -0.2) is 8.42 Å². The summed E-state index contributed by atoms with van der Waals surface area (Å²) in [5.41, 5.74) is 1.13. The predicted octanol–water partition coefficient (Wildman–Crippen LogP) is 3.11. The monoisotopic (exact) mass is 382 g/mol. The van der Waals surface area contributed by atoms with Crippen molar-refractivity contribution in [3.05, 3.63) is 68.7 Å². The molecule has 0 heterocycles. The number of nitrogens with zero attached hydrogens (tertiary/aromatic N) is 1. The number of non-ortho nitro benzene ring substituents is 1. The fourth-order valence-electron chi connectivity index (χ4n) is 2.13. The van der Waals surface area contributed by atoms with Crippen molar-refractivity contribution < 1.29 is 18.1 Å². The second kappa shape index (κ2) is 7.62. The zero-order valence-corrected chi connectivity index (χ0v) is 14.8. The van der Waals surface area contributed by atoms with E-state index < -0.39 is 26.4 Å².